The van der Waals surface area contributed by atoms with Gasteiger partial charge < -0.3 is 34.0 Å². The van der Waals surface area contributed by atoms with Crippen LogP contribution in [0.5, 0.6) is 0 Å². The zero-order valence-corrected chi connectivity index (χ0v) is 22.2. The molecule has 13 heteroatoms. The van der Waals surface area contributed by atoms with Gasteiger partial charge in [0.1, 0.15) is 31.8 Å². The summed E-state index contributed by atoms with van der Waals surface area (Å²) in [7, 11) is -2.31. The largest absolute Gasteiger partial charge is 0.519 e. The van der Waals surface area contributed by atoms with Crippen LogP contribution in [0.25, 0.3) is 0 Å². The Morgan fingerprint density at radius 1 is 0.743 bits per heavy atom. The minimum Gasteiger partial charge on any atom is -0.519 e. The second-order valence-electron chi connectivity index (χ2n) is 8.90. The zero-order chi connectivity index (χ0) is 27.2. The van der Waals surface area contributed by atoms with Gasteiger partial charge in [-0.1, -0.05) is 13.2 Å². The topological polar surface area (TPSA) is 156 Å². The van der Waals surface area contributed by atoms with E-state index in [0.29, 0.717) is 0 Å². The lowest BCUT2D eigenvalue weighted by Crippen LogP contribution is -2.46. The summed E-state index contributed by atoms with van der Waals surface area (Å²) in [5, 5.41) is 4.75. The predicted molar refractivity (Wildman–Crippen MR) is 128 cm³/mol. The van der Waals surface area contributed by atoms with E-state index in [1.54, 1.807) is 19.6 Å². The summed E-state index contributed by atoms with van der Waals surface area (Å²) >= 11 is 0. The van der Waals surface area contributed by atoms with E-state index in [1.807, 2.05) is 0 Å². The fourth-order valence-corrected chi connectivity index (χ4v) is 2.76. The number of amides is 2. The fourth-order valence-electron chi connectivity index (χ4n) is 1.95. The number of hydrogen-bond donors (Lipinski definition) is 2. The van der Waals surface area contributed by atoms with Gasteiger partial charge >= 0.3 is 30.1 Å². The van der Waals surface area contributed by atoms with E-state index in [1.165, 1.54) is 20.8 Å². The van der Waals surface area contributed by atoms with E-state index in [4.69, 9.17) is 23.4 Å². The van der Waals surface area contributed by atoms with Crippen LogP contribution in [0, 0.1) is 5.41 Å². The summed E-state index contributed by atoms with van der Waals surface area (Å²) in [6.07, 6.45) is -1.74. The maximum Gasteiger partial charge on any atom is 0.407 e. The van der Waals surface area contributed by atoms with Crippen molar-refractivity contribution in [3.63, 3.8) is 0 Å². The van der Waals surface area contributed by atoms with Crippen molar-refractivity contribution in [1.29, 1.82) is 0 Å². The molecule has 2 N–H and O–H groups in total. The van der Waals surface area contributed by atoms with Crippen LogP contribution in [0.1, 0.15) is 20.8 Å². The monoisotopic (exact) mass is 516 g/mol. The molecule has 0 rings (SSSR count). The first-order chi connectivity index (χ1) is 16.1. The van der Waals surface area contributed by atoms with Crippen LogP contribution in [0.2, 0.25) is 19.6 Å². The first kappa shape index (κ1) is 31.6. The minimum absolute atomic E-state index is 0.0250. The lowest BCUT2D eigenvalue weighted by atomic mass is 9.93. The second kappa shape index (κ2) is 14.8. The maximum absolute atomic E-state index is 12.8. The summed E-state index contributed by atoms with van der Waals surface area (Å²) in [4.78, 5) is 59.4. The van der Waals surface area contributed by atoms with Crippen molar-refractivity contribution in [1.82, 2.24) is 10.6 Å². The Balaban J connectivity index is 4.79. The molecular formula is C22H36N2O10Si. The van der Waals surface area contributed by atoms with E-state index in [-0.39, 0.29) is 37.4 Å². The van der Waals surface area contributed by atoms with Crippen LogP contribution in [-0.2, 0) is 37.8 Å². The van der Waals surface area contributed by atoms with Crippen molar-refractivity contribution in [2.45, 2.75) is 40.4 Å². The van der Waals surface area contributed by atoms with Gasteiger partial charge in [0.25, 0.3) is 0 Å². The molecule has 0 aliphatic heterocycles. The molecule has 0 radical (unpaired) electrons. The number of esters is 2. The number of hydrogen-bond acceptors (Lipinski definition) is 10. The Bertz CT molecular complexity index is 770. The van der Waals surface area contributed by atoms with Crippen LogP contribution in [0.15, 0.2) is 24.3 Å². The molecule has 0 aromatic rings. The van der Waals surface area contributed by atoms with Gasteiger partial charge in [-0.25, -0.2) is 19.2 Å². The second-order valence-corrected chi connectivity index (χ2v) is 13.3. The third-order valence-corrected chi connectivity index (χ3v) is 4.64. The highest BCUT2D eigenvalue weighted by Crippen LogP contribution is 2.23. The molecule has 0 aliphatic rings. The Morgan fingerprint density at radius 2 is 1.11 bits per heavy atom. The van der Waals surface area contributed by atoms with Gasteiger partial charge in [-0.05, 0) is 40.4 Å². The molecular weight excluding hydrogens is 480 g/mol. The average Bonchev–Trinajstić information content (AvgIpc) is 2.74. The molecule has 198 valence electrons. The van der Waals surface area contributed by atoms with E-state index in [9.17, 15) is 24.0 Å². The molecule has 0 saturated heterocycles. The summed E-state index contributed by atoms with van der Waals surface area (Å²) in [5.74, 6) is -1.87. The molecule has 0 aromatic heterocycles. The van der Waals surface area contributed by atoms with Crippen LogP contribution >= 0.6 is 0 Å². The molecule has 0 saturated carbocycles. The van der Waals surface area contributed by atoms with Crippen molar-refractivity contribution >= 4 is 38.4 Å². The summed E-state index contributed by atoms with van der Waals surface area (Å²) in [6, 6.07) is 0. The minimum atomic E-state index is -2.31. The highest BCUT2D eigenvalue weighted by Gasteiger charge is 2.40. The molecule has 0 bridgehead atoms. The van der Waals surface area contributed by atoms with Crippen LogP contribution in [0.4, 0.5) is 9.59 Å². The number of alkyl carbamates (subject to hydrolysis) is 2. The van der Waals surface area contributed by atoms with Gasteiger partial charge in [-0.3, -0.25) is 4.79 Å². The quantitative estimate of drug-likeness (QED) is 0.115. The molecule has 2 amide bonds. The first-order valence-electron chi connectivity index (χ1n) is 10.8. The molecule has 0 unspecified atom stereocenters. The maximum atomic E-state index is 12.8. The number of nitrogens with one attached hydrogen (secondary N) is 2. The smallest absolute Gasteiger partial charge is 0.407 e. The Hall–Kier alpha value is -3.35. The zero-order valence-electron chi connectivity index (χ0n) is 21.2. The lowest BCUT2D eigenvalue weighted by Gasteiger charge is -2.30. The van der Waals surface area contributed by atoms with Crippen molar-refractivity contribution in [3.8, 4) is 0 Å². The summed E-state index contributed by atoms with van der Waals surface area (Å²) in [5.41, 5.74) is -1.05. The summed E-state index contributed by atoms with van der Waals surface area (Å²) in [6.45, 7) is 15.5. The van der Waals surface area contributed by atoms with Gasteiger partial charge in [0.05, 0.1) is 13.1 Å². The van der Waals surface area contributed by atoms with Crippen LogP contribution in [-0.4, -0.2) is 77.9 Å². The number of carbonyl (C=O) groups excluding carboxylic acids is 5. The third kappa shape index (κ3) is 14.5. The molecule has 0 fully saturated rings. The molecule has 0 aliphatic carbocycles. The first-order valence-corrected chi connectivity index (χ1v) is 14.2. The lowest BCUT2D eigenvalue weighted by molar-refractivity contribution is -0.151. The standard InChI is InChI=1S/C22H36N2O10Si/c1-15(2)17(25)30-11-9-23-20(28)32-13-22(5,19(27)34-35(6,7)8)14-33-21(29)24-10-12-31-18(26)16(3)4/h1,3,9-14H2,2,4-8H3,(H,23,28)(H,24,29). The number of ether oxygens (including phenoxy) is 4. The number of rotatable bonds is 14. The van der Waals surface area contributed by atoms with Gasteiger partial charge in [0.15, 0.2) is 0 Å². The SMILES string of the molecule is C=C(C)C(=O)OCCNC(=O)OCC(C)(COC(=O)NCCOC(=O)C(=C)C)C(=O)O[Si](C)(C)C. The molecule has 35 heavy (non-hydrogen) atoms. The van der Waals surface area contributed by atoms with Crippen LogP contribution < -0.4 is 10.6 Å². The molecule has 0 heterocycles. The van der Waals surface area contributed by atoms with E-state index >= 15 is 0 Å². The van der Waals surface area contributed by atoms with Crippen molar-refractivity contribution in [3.05, 3.63) is 24.3 Å². The molecule has 0 aromatic carbocycles. The molecule has 0 atom stereocenters. The van der Waals surface area contributed by atoms with Crippen molar-refractivity contribution < 1.29 is 47.3 Å². The van der Waals surface area contributed by atoms with Crippen molar-refractivity contribution in [2.75, 3.05) is 39.5 Å². The Labute approximate surface area is 206 Å². The van der Waals surface area contributed by atoms with E-state index in [2.05, 4.69) is 23.8 Å². The van der Waals surface area contributed by atoms with Gasteiger partial charge in [-0.15, -0.1) is 0 Å². The average molecular weight is 517 g/mol. The van der Waals surface area contributed by atoms with Gasteiger partial charge in [0.2, 0.25) is 8.32 Å². The molecule has 0 spiro atoms. The third-order valence-electron chi connectivity index (χ3n) is 3.84. The fraction of sp³-hybridized carbons (Fsp3) is 0.591. The van der Waals surface area contributed by atoms with E-state index in [0.717, 1.165) is 0 Å². The highest BCUT2D eigenvalue weighted by molar-refractivity contribution is 6.71. The van der Waals surface area contributed by atoms with Gasteiger partial charge in [0, 0.05) is 11.1 Å². The molecule has 12 nitrogen and oxygen atoms in total. The highest BCUT2D eigenvalue weighted by atomic mass is 28.4. The predicted octanol–water partition coefficient (Wildman–Crippen LogP) is 2.06. The van der Waals surface area contributed by atoms with E-state index < -0.39 is 57.0 Å². The Kier molecular flexibility index (Phi) is 13.4. The number of carbonyl (C=O) groups is 5. The normalized spacial score (nSPS) is 10.9. The van der Waals surface area contributed by atoms with Gasteiger partial charge in [-0.2, -0.15) is 0 Å². The Morgan fingerprint density at radius 3 is 1.43 bits per heavy atom. The van der Waals surface area contributed by atoms with Crippen molar-refractivity contribution in [2.24, 2.45) is 5.41 Å². The van der Waals surface area contributed by atoms with Crippen LogP contribution in [0.3, 0.4) is 0 Å². The summed E-state index contributed by atoms with van der Waals surface area (Å²) < 4.78 is 25.4.